The number of benzene rings is 2. The molecule has 0 aromatic heterocycles. The maximum Gasteiger partial charge on any atom is 0.336 e. The van der Waals surface area contributed by atoms with Gasteiger partial charge in [0.15, 0.2) is 0 Å². The Hall–Kier alpha value is -2.62. The standard InChI is InChI=1S/C16H15NO3/c1-10-5-3-6-12(9-10)15(18)17-14-8-4-7-13(11(14)2)16(19)20/h3-9H,1-2H3,(H,17,18)(H,19,20). The summed E-state index contributed by atoms with van der Waals surface area (Å²) >= 11 is 0. The van der Waals surface area contributed by atoms with E-state index in [4.69, 9.17) is 5.11 Å². The Balaban J connectivity index is 2.29. The summed E-state index contributed by atoms with van der Waals surface area (Å²) in [5.41, 5.74) is 2.78. The minimum absolute atomic E-state index is 0.187. The lowest BCUT2D eigenvalue weighted by atomic mass is 10.1. The summed E-state index contributed by atoms with van der Waals surface area (Å²) < 4.78 is 0. The molecule has 0 saturated carbocycles. The molecule has 0 unspecified atom stereocenters. The fourth-order valence-corrected chi connectivity index (χ4v) is 1.98. The van der Waals surface area contributed by atoms with Crippen molar-refractivity contribution in [2.24, 2.45) is 0 Å². The van der Waals surface area contributed by atoms with E-state index in [1.807, 2.05) is 19.1 Å². The van der Waals surface area contributed by atoms with Gasteiger partial charge in [0.05, 0.1) is 5.56 Å². The van der Waals surface area contributed by atoms with Crippen LogP contribution < -0.4 is 5.32 Å². The maximum atomic E-state index is 12.1. The molecule has 0 spiro atoms. The van der Waals surface area contributed by atoms with Gasteiger partial charge in [0.1, 0.15) is 0 Å². The van der Waals surface area contributed by atoms with Crippen LogP contribution in [0.2, 0.25) is 0 Å². The van der Waals surface area contributed by atoms with Crippen LogP contribution in [0.1, 0.15) is 31.8 Å². The number of anilines is 1. The van der Waals surface area contributed by atoms with Gasteiger partial charge in [-0.05, 0) is 43.7 Å². The first-order valence-electron chi connectivity index (χ1n) is 6.20. The van der Waals surface area contributed by atoms with Gasteiger partial charge in [0, 0.05) is 11.3 Å². The normalized spacial score (nSPS) is 10.1. The van der Waals surface area contributed by atoms with Crippen molar-refractivity contribution in [3.8, 4) is 0 Å². The first kappa shape index (κ1) is 13.8. The average Bonchev–Trinajstić information content (AvgIpc) is 2.40. The smallest absolute Gasteiger partial charge is 0.336 e. The molecule has 0 atom stereocenters. The van der Waals surface area contributed by atoms with Crippen LogP contribution in [0.3, 0.4) is 0 Å². The molecular formula is C16H15NO3. The lowest BCUT2D eigenvalue weighted by Gasteiger charge is -2.10. The Kier molecular flexibility index (Phi) is 3.84. The SMILES string of the molecule is Cc1cccc(C(=O)Nc2cccc(C(=O)O)c2C)c1. The molecule has 0 aliphatic carbocycles. The van der Waals surface area contributed by atoms with Crippen molar-refractivity contribution in [1.29, 1.82) is 0 Å². The van der Waals surface area contributed by atoms with Gasteiger partial charge in [-0.15, -0.1) is 0 Å². The fourth-order valence-electron chi connectivity index (χ4n) is 1.98. The number of carboxylic acid groups (broad SMARTS) is 1. The van der Waals surface area contributed by atoms with E-state index in [-0.39, 0.29) is 11.5 Å². The second kappa shape index (κ2) is 5.57. The van der Waals surface area contributed by atoms with E-state index in [0.29, 0.717) is 16.8 Å². The lowest BCUT2D eigenvalue weighted by Crippen LogP contribution is -2.14. The highest BCUT2D eigenvalue weighted by Gasteiger charge is 2.12. The van der Waals surface area contributed by atoms with Crippen LogP contribution in [0, 0.1) is 13.8 Å². The van der Waals surface area contributed by atoms with Crippen LogP contribution in [-0.2, 0) is 0 Å². The third kappa shape index (κ3) is 2.85. The Bertz CT molecular complexity index is 677. The number of aryl methyl sites for hydroxylation is 1. The van der Waals surface area contributed by atoms with Crippen molar-refractivity contribution >= 4 is 17.6 Å². The number of rotatable bonds is 3. The second-order valence-electron chi connectivity index (χ2n) is 4.61. The first-order chi connectivity index (χ1) is 9.49. The van der Waals surface area contributed by atoms with Crippen LogP contribution >= 0.6 is 0 Å². The molecule has 2 rings (SSSR count). The minimum atomic E-state index is -1.01. The molecular weight excluding hydrogens is 254 g/mol. The zero-order valence-electron chi connectivity index (χ0n) is 11.3. The van der Waals surface area contributed by atoms with E-state index in [2.05, 4.69) is 5.32 Å². The molecule has 2 aromatic carbocycles. The van der Waals surface area contributed by atoms with Crippen molar-refractivity contribution in [2.75, 3.05) is 5.32 Å². The van der Waals surface area contributed by atoms with Gasteiger partial charge in [-0.1, -0.05) is 23.8 Å². The molecule has 0 aliphatic heterocycles. The van der Waals surface area contributed by atoms with E-state index in [0.717, 1.165) is 5.56 Å². The Morgan fingerprint density at radius 3 is 2.40 bits per heavy atom. The average molecular weight is 269 g/mol. The van der Waals surface area contributed by atoms with E-state index < -0.39 is 5.97 Å². The van der Waals surface area contributed by atoms with Crippen molar-refractivity contribution in [1.82, 2.24) is 0 Å². The number of carbonyl (C=O) groups excluding carboxylic acids is 1. The molecule has 4 nitrogen and oxygen atoms in total. The lowest BCUT2D eigenvalue weighted by molar-refractivity contribution is 0.0695. The number of carbonyl (C=O) groups is 2. The molecule has 0 bridgehead atoms. The van der Waals surface area contributed by atoms with Gasteiger partial charge >= 0.3 is 5.97 Å². The van der Waals surface area contributed by atoms with Gasteiger partial charge in [-0.25, -0.2) is 4.79 Å². The minimum Gasteiger partial charge on any atom is -0.478 e. The summed E-state index contributed by atoms with van der Waals surface area (Å²) in [5, 5.41) is 11.8. The van der Waals surface area contributed by atoms with Crippen LogP contribution in [0.4, 0.5) is 5.69 Å². The summed E-state index contributed by atoms with van der Waals surface area (Å²) in [6, 6.07) is 12.0. The van der Waals surface area contributed by atoms with Crippen LogP contribution in [-0.4, -0.2) is 17.0 Å². The number of hydrogen-bond acceptors (Lipinski definition) is 2. The number of carboxylic acids is 1. The molecule has 4 heteroatoms. The van der Waals surface area contributed by atoms with E-state index in [1.165, 1.54) is 6.07 Å². The van der Waals surface area contributed by atoms with Crippen LogP contribution in [0.25, 0.3) is 0 Å². The Morgan fingerprint density at radius 1 is 1.05 bits per heavy atom. The predicted molar refractivity (Wildman–Crippen MR) is 77.3 cm³/mol. The number of hydrogen-bond donors (Lipinski definition) is 2. The van der Waals surface area contributed by atoms with E-state index >= 15 is 0 Å². The zero-order chi connectivity index (χ0) is 14.7. The van der Waals surface area contributed by atoms with Crippen molar-refractivity contribution in [3.63, 3.8) is 0 Å². The quantitative estimate of drug-likeness (QED) is 0.898. The highest BCUT2D eigenvalue weighted by molar-refractivity contribution is 6.05. The molecule has 0 radical (unpaired) electrons. The molecule has 0 saturated heterocycles. The van der Waals surface area contributed by atoms with Crippen molar-refractivity contribution < 1.29 is 14.7 Å². The Morgan fingerprint density at radius 2 is 1.75 bits per heavy atom. The van der Waals surface area contributed by atoms with Gasteiger partial charge in [-0.2, -0.15) is 0 Å². The van der Waals surface area contributed by atoms with Gasteiger partial charge in [0.25, 0.3) is 5.91 Å². The van der Waals surface area contributed by atoms with Gasteiger partial charge in [-0.3, -0.25) is 4.79 Å². The topological polar surface area (TPSA) is 66.4 Å². The highest BCUT2D eigenvalue weighted by Crippen LogP contribution is 2.20. The van der Waals surface area contributed by atoms with Crippen molar-refractivity contribution in [3.05, 3.63) is 64.7 Å². The summed E-state index contributed by atoms with van der Waals surface area (Å²) in [6.07, 6.45) is 0. The van der Waals surface area contributed by atoms with Gasteiger partial charge in [0.2, 0.25) is 0 Å². The first-order valence-corrected chi connectivity index (χ1v) is 6.20. The van der Waals surface area contributed by atoms with E-state index in [1.54, 1.807) is 31.2 Å². The zero-order valence-corrected chi connectivity index (χ0v) is 11.3. The molecule has 0 fully saturated rings. The maximum absolute atomic E-state index is 12.1. The molecule has 0 aliphatic rings. The number of amides is 1. The largest absolute Gasteiger partial charge is 0.478 e. The summed E-state index contributed by atoms with van der Waals surface area (Å²) in [7, 11) is 0. The summed E-state index contributed by atoms with van der Waals surface area (Å²) in [4.78, 5) is 23.2. The molecule has 2 N–H and O–H groups in total. The summed E-state index contributed by atoms with van der Waals surface area (Å²) in [5.74, 6) is -1.26. The number of nitrogens with one attached hydrogen (secondary N) is 1. The molecule has 20 heavy (non-hydrogen) atoms. The molecule has 0 heterocycles. The molecule has 2 aromatic rings. The molecule has 1 amide bonds. The molecule has 102 valence electrons. The second-order valence-corrected chi connectivity index (χ2v) is 4.61. The number of aromatic carboxylic acids is 1. The third-order valence-corrected chi connectivity index (χ3v) is 3.09. The van der Waals surface area contributed by atoms with E-state index in [9.17, 15) is 9.59 Å². The van der Waals surface area contributed by atoms with Crippen LogP contribution in [0.15, 0.2) is 42.5 Å². The summed E-state index contributed by atoms with van der Waals surface area (Å²) in [6.45, 7) is 3.59. The van der Waals surface area contributed by atoms with Gasteiger partial charge < -0.3 is 10.4 Å². The van der Waals surface area contributed by atoms with Crippen molar-refractivity contribution in [2.45, 2.75) is 13.8 Å². The van der Waals surface area contributed by atoms with Crippen LogP contribution in [0.5, 0.6) is 0 Å². The monoisotopic (exact) mass is 269 g/mol. The predicted octanol–water partition coefficient (Wildman–Crippen LogP) is 3.25. The Labute approximate surface area is 117 Å². The third-order valence-electron chi connectivity index (χ3n) is 3.09. The fraction of sp³-hybridized carbons (Fsp3) is 0.125. The highest BCUT2D eigenvalue weighted by atomic mass is 16.4.